The summed E-state index contributed by atoms with van der Waals surface area (Å²) < 4.78 is 42.6. The lowest BCUT2D eigenvalue weighted by molar-refractivity contribution is -0.123. The number of benzene rings is 3. The molecule has 198 valence electrons. The minimum absolute atomic E-state index is 0.0186. The predicted molar refractivity (Wildman–Crippen MR) is 154 cm³/mol. The Bertz CT molecular complexity index is 1520. The molecule has 1 heterocycles. The Morgan fingerprint density at radius 3 is 2.42 bits per heavy atom. The quantitative estimate of drug-likeness (QED) is 0.161. The number of thioether (sulfide) groups is 1. The van der Waals surface area contributed by atoms with Crippen molar-refractivity contribution in [1.82, 2.24) is 4.90 Å². The topological polar surface area (TPSA) is 99.2 Å². The molecule has 0 unspecified atom stereocenters. The zero-order valence-corrected chi connectivity index (χ0v) is 24.6. The van der Waals surface area contributed by atoms with Crippen molar-refractivity contribution in [3.05, 3.63) is 85.8 Å². The molecule has 11 heteroatoms. The number of nitrogens with zero attached hydrogens (tertiary/aromatic N) is 1. The summed E-state index contributed by atoms with van der Waals surface area (Å²) in [4.78, 5) is 26.8. The number of carbonyl (C=O) groups excluding carboxylic acids is 2. The van der Waals surface area contributed by atoms with Crippen molar-refractivity contribution < 1.29 is 31.7 Å². The van der Waals surface area contributed by atoms with Gasteiger partial charge in [-0.1, -0.05) is 29.8 Å². The Balaban J connectivity index is 1.50. The van der Waals surface area contributed by atoms with Crippen molar-refractivity contribution in [2.75, 3.05) is 20.3 Å². The van der Waals surface area contributed by atoms with Gasteiger partial charge in [0.05, 0.1) is 22.1 Å². The second-order valence-electron chi connectivity index (χ2n) is 8.38. The third kappa shape index (κ3) is 6.51. The average molecular weight is 666 g/mol. The highest BCUT2D eigenvalue weighted by molar-refractivity contribution is 14.1. The van der Waals surface area contributed by atoms with Crippen LogP contribution in [0.1, 0.15) is 16.7 Å². The summed E-state index contributed by atoms with van der Waals surface area (Å²) in [7, 11) is -2.71. The Hall–Kier alpha value is -3.03. The number of carbonyl (C=O) groups is 2. The molecule has 8 nitrogen and oxygen atoms in total. The van der Waals surface area contributed by atoms with Gasteiger partial charge in [-0.05, 0) is 102 Å². The summed E-state index contributed by atoms with van der Waals surface area (Å²) in [6, 6.07) is 17.0. The fourth-order valence-corrected chi connectivity index (χ4v) is 6.28. The molecule has 4 rings (SSSR count). The van der Waals surface area contributed by atoms with E-state index in [2.05, 4.69) is 0 Å². The van der Waals surface area contributed by atoms with Gasteiger partial charge in [0.25, 0.3) is 11.1 Å². The van der Waals surface area contributed by atoms with Crippen LogP contribution in [0.15, 0.2) is 70.5 Å². The van der Waals surface area contributed by atoms with Crippen LogP contribution in [0.4, 0.5) is 4.79 Å². The third-order valence-corrected chi connectivity index (χ3v) is 8.44. The summed E-state index contributed by atoms with van der Waals surface area (Å²) >= 11 is 2.77. The van der Waals surface area contributed by atoms with Crippen LogP contribution in [-0.2, 0) is 14.9 Å². The highest BCUT2D eigenvalue weighted by atomic mass is 127. The number of hydrogen-bond acceptors (Lipinski definition) is 8. The lowest BCUT2D eigenvalue weighted by atomic mass is 10.2. The maximum Gasteiger partial charge on any atom is 0.339 e. The van der Waals surface area contributed by atoms with Crippen molar-refractivity contribution in [3.63, 3.8) is 0 Å². The van der Waals surface area contributed by atoms with Gasteiger partial charge < -0.3 is 13.7 Å². The first kappa shape index (κ1) is 28.0. The number of aryl methyl sites for hydroxylation is 2. The molecule has 0 bridgehead atoms. The normalized spacial score (nSPS) is 14.7. The van der Waals surface area contributed by atoms with E-state index in [1.165, 1.54) is 19.2 Å². The van der Waals surface area contributed by atoms with Crippen molar-refractivity contribution >= 4 is 61.7 Å². The van der Waals surface area contributed by atoms with Crippen molar-refractivity contribution in [1.29, 1.82) is 0 Å². The van der Waals surface area contributed by atoms with E-state index in [9.17, 15) is 18.0 Å². The Kier molecular flexibility index (Phi) is 8.68. The van der Waals surface area contributed by atoms with Crippen LogP contribution in [0, 0.1) is 17.4 Å². The van der Waals surface area contributed by atoms with Gasteiger partial charge in [0.2, 0.25) is 0 Å². The van der Waals surface area contributed by atoms with Crippen molar-refractivity contribution in [2.24, 2.45) is 0 Å². The highest BCUT2D eigenvalue weighted by Gasteiger charge is 2.35. The van der Waals surface area contributed by atoms with Gasteiger partial charge in [0.1, 0.15) is 17.3 Å². The lowest BCUT2D eigenvalue weighted by Gasteiger charge is -2.14. The van der Waals surface area contributed by atoms with E-state index >= 15 is 0 Å². The zero-order chi connectivity index (χ0) is 27.4. The van der Waals surface area contributed by atoms with E-state index in [0.717, 1.165) is 27.8 Å². The minimum atomic E-state index is -4.10. The first-order chi connectivity index (χ1) is 18.1. The van der Waals surface area contributed by atoms with E-state index in [4.69, 9.17) is 13.7 Å². The molecule has 0 atom stereocenters. The molecule has 0 N–H and O–H groups in total. The van der Waals surface area contributed by atoms with E-state index in [-0.39, 0.29) is 39.7 Å². The number of imide groups is 1. The predicted octanol–water partition coefficient (Wildman–Crippen LogP) is 5.80. The first-order valence-electron chi connectivity index (χ1n) is 11.4. The molecule has 1 fully saturated rings. The molecular formula is C27H24INO7S2. The minimum Gasteiger partial charge on any atom is -0.493 e. The maximum absolute atomic E-state index is 12.9. The monoisotopic (exact) mass is 665 g/mol. The molecule has 0 saturated carbocycles. The molecule has 1 saturated heterocycles. The van der Waals surface area contributed by atoms with Crippen LogP contribution >= 0.6 is 34.4 Å². The van der Waals surface area contributed by atoms with Crippen molar-refractivity contribution in [2.45, 2.75) is 18.7 Å². The van der Waals surface area contributed by atoms with Gasteiger partial charge in [0.15, 0.2) is 11.5 Å². The summed E-state index contributed by atoms with van der Waals surface area (Å²) in [5, 5.41) is -0.389. The number of methoxy groups -OCH3 is 1. The number of rotatable bonds is 9. The molecule has 3 aromatic carbocycles. The number of amides is 2. The standard InChI is InChI=1S/C27H24INO7S2/c1-17-7-9-21(10-8-17)38(32,33)36-25-22(28)14-19(15-23(25)34-3)16-24-26(30)29(27(31)37-24)11-12-35-20-6-4-5-18(2)13-20/h4-10,13-16H,11-12H2,1-3H3/b24-16-. The van der Waals surface area contributed by atoms with Crippen LogP contribution in [-0.4, -0.2) is 44.7 Å². The fourth-order valence-electron chi connectivity index (χ4n) is 3.57. The molecule has 0 aromatic heterocycles. The van der Waals surface area contributed by atoms with Crippen LogP contribution in [0.3, 0.4) is 0 Å². The van der Waals surface area contributed by atoms with E-state index < -0.39 is 16.0 Å². The van der Waals surface area contributed by atoms with Gasteiger partial charge >= 0.3 is 10.1 Å². The maximum atomic E-state index is 12.9. The molecule has 0 spiro atoms. The van der Waals surface area contributed by atoms with Gasteiger partial charge in [-0.25, -0.2) is 0 Å². The van der Waals surface area contributed by atoms with Crippen LogP contribution in [0.2, 0.25) is 0 Å². The molecule has 2 amide bonds. The van der Waals surface area contributed by atoms with Crippen LogP contribution in [0.25, 0.3) is 6.08 Å². The SMILES string of the molecule is COc1cc(/C=C2\SC(=O)N(CCOc3cccc(C)c3)C2=O)cc(I)c1OS(=O)(=O)c1ccc(C)cc1. The van der Waals surface area contributed by atoms with E-state index in [1.54, 1.807) is 30.3 Å². The molecule has 0 aliphatic carbocycles. The van der Waals surface area contributed by atoms with Gasteiger partial charge in [-0.3, -0.25) is 14.5 Å². The number of ether oxygens (including phenoxy) is 2. The van der Waals surface area contributed by atoms with Gasteiger partial charge in [-0.2, -0.15) is 8.42 Å². The molecule has 0 radical (unpaired) electrons. The summed E-state index contributed by atoms with van der Waals surface area (Å²) in [6.45, 7) is 4.09. The zero-order valence-electron chi connectivity index (χ0n) is 20.8. The lowest BCUT2D eigenvalue weighted by Crippen LogP contribution is -2.32. The summed E-state index contributed by atoms with van der Waals surface area (Å²) in [6.07, 6.45) is 1.56. The second-order valence-corrected chi connectivity index (χ2v) is 12.1. The summed E-state index contributed by atoms with van der Waals surface area (Å²) in [5.41, 5.74) is 2.52. The first-order valence-corrected chi connectivity index (χ1v) is 14.7. The van der Waals surface area contributed by atoms with E-state index in [1.807, 2.05) is 60.7 Å². The van der Waals surface area contributed by atoms with Crippen LogP contribution < -0.4 is 13.7 Å². The Morgan fingerprint density at radius 1 is 1.00 bits per heavy atom. The molecule has 38 heavy (non-hydrogen) atoms. The molecule has 3 aromatic rings. The van der Waals surface area contributed by atoms with Crippen molar-refractivity contribution in [3.8, 4) is 17.2 Å². The largest absolute Gasteiger partial charge is 0.493 e. The Labute approximate surface area is 239 Å². The second kappa shape index (κ2) is 11.8. The third-order valence-electron chi connectivity index (χ3n) is 5.50. The molecule has 1 aliphatic heterocycles. The fraction of sp³-hybridized carbons (Fsp3) is 0.185. The molecular weight excluding hydrogens is 641 g/mol. The smallest absolute Gasteiger partial charge is 0.339 e. The average Bonchev–Trinajstić information content (AvgIpc) is 3.13. The van der Waals surface area contributed by atoms with Gasteiger partial charge in [-0.15, -0.1) is 0 Å². The number of hydrogen-bond donors (Lipinski definition) is 0. The molecule has 1 aliphatic rings. The highest BCUT2D eigenvalue weighted by Crippen LogP contribution is 2.38. The summed E-state index contributed by atoms with van der Waals surface area (Å²) in [5.74, 6) is 0.446. The Morgan fingerprint density at radius 2 is 1.74 bits per heavy atom. The van der Waals surface area contributed by atoms with Gasteiger partial charge in [0, 0.05) is 0 Å². The van der Waals surface area contributed by atoms with E-state index in [0.29, 0.717) is 14.9 Å². The van der Waals surface area contributed by atoms with Crippen LogP contribution in [0.5, 0.6) is 17.2 Å². The number of halogens is 1.